The summed E-state index contributed by atoms with van der Waals surface area (Å²) in [5.74, 6) is 1.78. The van der Waals surface area contributed by atoms with Crippen LogP contribution in [0, 0.1) is 11.8 Å². The molecule has 4 nitrogen and oxygen atoms in total. The average Bonchev–Trinajstić information content (AvgIpc) is 2.80. The van der Waals surface area contributed by atoms with Crippen molar-refractivity contribution in [3.63, 3.8) is 0 Å². The minimum Gasteiger partial charge on any atom is -0.354 e. The molecule has 1 aliphatic carbocycles. The zero-order chi connectivity index (χ0) is 19.7. The van der Waals surface area contributed by atoms with Gasteiger partial charge in [0.1, 0.15) is 0 Å². The molecular weight excluding hydrogens is 358 g/mol. The number of amides is 1. The molecule has 0 unspecified atom stereocenters. The zero-order valence-corrected chi connectivity index (χ0v) is 17.7. The minimum absolute atomic E-state index is 0.280. The summed E-state index contributed by atoms with van der Waals surface area (Å²) in [5, 5.41) is 7.18. The van der Waals surface area contributed by atoms with E-state index in [-0.39, 0.29) is 11.3 Å². The summed E-state index contributed by atoms with van der Waals surface area (Å²) >= 11 is 0. The van der Waals surface area contributed by atoms with E-state index >= 15 is 0 Å². The van der Waals surface area contributed by atoms with Crippen molar-refractivity contribution in [2.24, 2.45) is 11.8 Å². The van der Waals surface area contributed by atoms with Crippen molar-refractivity contribution in [2.45, 2.75) is 75.3 Å². The van der Waals surface area contributed by atoms with E-state index < -0.39 is 0 Å². The van der Waals surface area contributed by atoms with Crippen LogP contribution in [0.1, 0.15) is 63.4 Å². The molecule has 1 amide bonds. The second kappa shape index (κ2) is 8.39. The molecule has 4 aliphatic rings. The summed E-state index contributed by atoms with van der Waals surface area (Å²) in [6.07, 6.45) is 11.0. The molecule has 4 fully saturated rings. The first-order valence-corrected chi connectivity index (χ1v) is 12.1. The van der Waals surface area contributed by atoms with E-state index in [1.807, 2.05) is 0 Å². The van der Waals surface area contributed by atoms with Gasteiger partial charge >= 0.3 is 0 Å². The van der Waals surface area contributed by atoms with Gasteiger partial charge in [0.05, 0.1) is 5.41 Å². The quantitative estimate of drug-likeness (QED) is 0.821. The average molecular weight is 396 g/mol. The number of nitrogens with zero attached hydrogens (tertiary/aromatic N) is 1. The molecule has 0 aromatic heterocycles. The Hall–Kier alpha value is -1.39. The third-order valence-electron chi connectivity index (χ3n) is 8.46. The molecule has 2 N–H and O–H groups in total. The Balaban J connectivity index is 1.33. The van der Waals surface area contributed by atoms with E-state index in [1.54, 1.807) is 0 Å². The maximum atomic E-state index is 13.7. The normalized spacial score (nSPS) is 34.2. The number of piperidine rings is 3. The third-order valence-corrected chi connectivity index (χ3v) is 8.46. The summed E-state index contributed by atoms with van der Waals surface area (Å²) < 4.78 is 0. The second-order valence-corrected chi connectivity index (χ2v) is 10.0. The number of hydrogen-bond acceptors (Lipinski definition) is 3. The van der Waals surface area contributed by atoms with E-state index in [4.69, 9.17) is 0 Å². The van der Waals surface area contributed by atoms with Crippen molar-refractivity contribution in [2.75, 3.05) is 26.2 Å². The highest BCUT2D eigenvalue weighted by Gasteiger charge is 2.46. The van der Waals surface area contributed by atoms with Crippen molar-refractivity contribution in [1.29, 1.82) is 0 Å². The molecule has 3 heterocycles. The number of hydrogen-bond donors (Lipinski definition) is 2. The Bertz CT molecular complexity index is 699. The van der Waals surface area contributed by atoms with Crippen molar-refractivity contribution >= 4 is 5.91 Å². The van der Waals surface area contributed by atoms with Gasteiger partial charge in [0, 0.05) is 18.6 Å². The lowest BCUT2D eigenvalue weighted by molar-refractivity contribution is -0.129. The van der Waals surface area contributed by atoms with Gasteiger partial charge in [0.2, 0.25) is 5.91 Å². The van der Waals surface area contributed by atoms with Crippen LogP contribution >= 0.6 is 0 Å². The number of fused-ring (bicyclic) bond motifs is 4. The standard InChI is InChI=1S/C25H37N3O/c29-24(25(12-6-2-7-13-25)21-9-3-1-4-10-21)27-18-23-20-15-19(16-26-17-20)22-11-5-8-14-28(22)23/h1,3-4,9-10,19-20,22-23,26H,2,5-8,11-18H2,(H,27,29)/t19-,20+,22+,23+/m1/s1. The van der Waals surface area contributed by atoms with E-state index in [1.165, 1.54) is 50.8 Å². The van der Waals surface area contributed by atoms with Crippen LogP contribution < -0.4 is 10.6 Å². The van der Waals surface area contributed by atoms with Crippen LogP contribution in [0.25, 0.3) is 0 Å². The smallest absolute Gasteiger partial charge is 0.230 e. The molecule has 1 aromatic rings. The van der Waals surface area contributed by atoms with Crippen LogP contribution in [0.2, 0.25) is 0 Å². The lowest BCUT2D eigenvalue weighted by atomic mass is 9.68. The molecule has 29 heavy (non-hydrogen) atoms. The summed E-state index contributed by atoms with van der Waals surface area (Å²) in [7, 11) is 0. The van der Waals surface area contributed by atoms with Gasteiger partial charge < -0.3 is 10.6 Å². The molecule has 0 radical (unpaired) electrons. The Morgan fingerprint density at radius 2 is 1.83 bits per heavy atom. The highest BCUT2D eigenvalue weighted by molar-refractivity contribution is 5.88. The summed E-state index contributed by atoms with van der Waals surface area (Å²) in [6, 6.07) is 11.8. The predicted octanol–water partition coefficient (Wildman–Crippen LogP) is 3.47. The maximum Gasteiger partial charge on any atom is 0.230 e. The van der Waals surface area contributed by atoms with Gasteiger partial charge in [-0.3, -0.25) is 9.69 Å². The van der Waals surface area contributed by atoms with Crippen LogP contribution in [0.4, 0.5) is 0 Å². The van der Waals surface area contributed by atoms with Gasteiger partial charge in [0.25, 0.3) is 0 Å². The number of carbonyl (C=O) groups excluding carboxylic acids is 1. The van der Waals surface area contributed by atoms with Crippen molar-refractivity contribution < 1.29 is 4.79 Å². The molecule has 158 valence electrons. The molecule has 1 saturated carbocycles. The van der Waals surface area contributed by atoms with Gasteiger partial charge in [-0.25, -0.2) is 0 Å². The van der Waals surface area contributed by atoms with Crippen molar-refractivity contribution in [3.8, 4) is 0 Å². The van der Waals surface area contributed by atoms with Crippen molar-refractivity contribution in [1.82, 2.24) is 15.5 Å². The fourth-order valence-electron chi connectivity index (χ4n) is 6.97. The molecule has 0 spiro atoms. The molecule has 3 aliphatic heterocycles. The Labute approximate surface area is 175 Å². The van der Waals surface area contributed by atoms with Crippen LogP contribution in [0.15, 0.2) is 30.3 Å². The van der Waals surface area contributed by atoms with E-state index in [9.17, 15) is 4.79 Å². The van der Waals surface area contributed by atoms with Gasteiger partial charge in [-0.1, -0.05) is 56.0 Å². The first-order valence-electron chi connectivity index (χ1n) is 12.1. The molecule has 4 heteroatoms. The van der Waals surface area contributed by atoms with E-state index in [0.29, 0.717) is 12.0 Å². The summed E-state index contributed by atoms with van der Waals surface area (Å²) in [4.78, 5) is 16.4. The van der Waals surface area contributed by atoms with E-state index in [2.05, 4.69) is 45.9 Å². The number of benzene rings is 1. The number of nitrogens with one attached hydrogen (secondary N) is 2. The molecular formula is C25H37N3O. The second-order valence-electron chi connectivity index (χ2n) is 10.0. The first-order chi connectivity index (χ1) is 14.3. The third kappa shape index (κ3) is 3.63. The minimum atomic E-state index is -0.317. The van der Waals surface area contributed by atoms with Crippen LogP contribution in [0.5, 0.6) is 0 Å². The fourth-order valence-corrected chi connectivity index (χ4v) is 6.97. The lowest BCUT2D eigenvalue weighted by Gasteiger charge is -2.55. The highest BCUT2D eigenvalue weighted by Crippen LogP contribution is 2.41. The predicted molar refractivity (Wildman–Crippen MR) is 117 cm³/mol. The fraction of sp³-hybridized carbons (Fsp3) is 0.720. The lowest BCUT2D eigenvalue weighted by Crippen LogP contribution is -2.65. The summed E-state index contributed by atoms with van der Waals surface area (Å²) in [6.45, 7) is 4.35. The van der Waals surface area contributed by atoms with Crippen LogP contribution in [-0.4, -0.2) is 49.1 Å². The molecule has 1 aromatic carbocycles. The molecule has 5 rings (SSSR count). The topological polar surface area (TPSA) is 44.4 Å². The Morgan fingerprint density at radius 3 is 2.66 bits per heavy atom. The summed E-state index contributed by atoms with van der Waals surface area (Å²) in [5.41, 5.74) is 0.902. The van der Waals surface area contributed by atoms with Crippen LogP contribution in [-0.2, 0) is 10.2 Å². The zero-order valence-electron chi connectivity index (χ0n) is 17.7. The number of rotatable bonds is 4. The largest absolute Gasteiger partial charge is 0.354 e. The Kier molecular flexibility index (Phi) is 5.66. The van der Waals surface area contributed by atoms with Gasteiger partial charge in [-0.15, -0.1) is 0 Å². The van der Waals surface area contributed by atoms with Gasteiger partial charge in [-0.05, 0) is 69.1 Å². The Morgan fingerprint density at radius 1 is 1.03 bits per heavy atom. The van der Waals surface area contributed by atoms with Crippen molar-refractivity contribution in [3.05, 3.63) is 35.9 Å². The monoisotopic (exact) mass is 395 g/mol. The first kappa shape index (κ1) is 19.6. The van der Waals surface area contributed by atoms with Gasteiger partial charge in [0.15, 0.2) is 0 Å². The van der Waals surface area contributed by atoms with Gasteiger partial charge in [-0.2, -0.15) is 0 Å². The number of carbonyl (C=O) groups is 1. The molecule has 3 saturated heterocycles. The SMILES string of the molecule is O=C(NC[C@H]1[C@@H]2CNC[C@@H](C2)[C@@H]2CCCCN21)C1(c2ccccc2)CCCCC1. The molecule has 4 atom stereocenters. The van der Waals surface area contributed by atoms with E-state index in [0.717, 1.165) is 50.7 Å². The highest BCUT2D eigenvalue weighted by atomic mass is 16.2. The molecule has 2 bridgehead atoms. The van der Waals surface area contributed by atoms with Crippen LogP contribution in [0.3, 0.4) is 0 Å². The maximum absolute atomic E-state index is 13.7.